The van der Waals surface area contributed by atoms with Gasteiger partial charge in [0.25, 0.3) is 0 Å². The zero-order chi connectivity index (χ0) is 10.7. The molecule has 1 N–H and O–H groups in total. The summed E-state index contributed by atoms with van der Waals surface area (Å²) in [6, 6.07) is 0. The van der Waals surface area contributed by atoms with Gasteiger partial charge in [0.05, 0.1) is 12.1 Å². The maximum absolute atomic E-state index is 5.27. The average molecular weight is 211 g/mol. The van der Waals surface area contributed by atoms with Crippen molar-refractivity contribution in [1.82, 2.24) is 15.5 Å². The van der Waals surface area contributed by atoms with Gasteiger partial charge in [0, 0.05) is 13.5 Å². The van der Waals surface area contributed by atoms with E-state index in [2.05, 4.69) is 22.4 Å². The van der Waals surface area contributed by atoms with Gasteiger partial charge in [0.1, 0.15) is 0 Å². The zero-order valence-electron chi connectivity index (χ0n) is 9.25. The predicted octanol–water partition coefficient (Wildman–Crippen LogP) is 0.857. The highest BCUT2D eigenvalue weighted by atomic mass is 16.5. The van der Waals surface area contributed by atoms with E-state index in [0.717, 1.165) is 25.2 Å². The molecule has 1 unspecified atom stereocenters. The Balaban J connectivity index is 2.05. The topological polar surface area (TPSA) is 60.2 Å². The van der Waals surface area contributed by atoms with Crippen molar-refractivity contribution >= 4 is 0 Å². The third-order valence-electron chi connectivity index (χ3n) is 2.84. The number of ether oxygens (including phenoxy) is 1. The van der Waals surface area contributed by atoms with E-state index in [0.29, 0.717) is 18.9 Å². The molecule has 15 heavy (non-hydrogen) atoms. The van der Waals surface area contributed by atoms with Crippen LogP contribution in [-0.2, 0) is 16.7 Å². The SMILES string of the molecule is COCCc1noc(C2(C)CCCN2)n1. The van der Waals surface area contributed by atoms with Gasteiger partial charge in [0.15, 0.2) is 5.82 Å². The number of rotatable bonds is 4. The third-order valence-corrected chi connectivity index (χ3v) is 2.84. The highest BCUT2D eigenvalue weighted by molar-refractivity contribution is 5.04. The summed E-state index contributed by atoms with van der Waals surface area (Å²) in [7, 11) is 1.67. The van der Waals surface area contributed by atoms with Crippen molar-refractivity contribution in [2.45, 2.75) is 31.7 Å². The molecule has 84 valence electrons. The van der Waals surface area contributed by atoms with Crippen LogP contribution in [0.5, 0.6) is 0 Å². The monoisotopic (exact) mass is 211 g/mol. The first-order valence-electron chi connectivity index (χ1n) is 5.32. The number of methoxy groups -OCH3 is 1. The number of hydrogen-bond acceptors (Lipinski definition) is 5. The first-order chi connectivity index (χ1) is 7.24. The Labute approximate surface area is 89.2 Å². The van der Waals surface area contributed by atoms with Crippen LogP contribution in [0, 0.1) is 0 Å². The Morgan fingerprint density at radius 3 is 3.13 bits per heavy atom. The summed E-state index contributed by atoms with van der Waals surface area (Å²) >= 11 is 0. The fourth-order valence-electron chi connectivity index (χ4n) is 1.85. The molecule has 2 rings (SSSR count). The van der Waals surface area contributed by atoms with Gasteiger partial charge in [-0.3, -0.25) is 0 Å². The molecule has 0 amide bonds. The van der Waals surface area contributed by atoms with E-state index in [1.54, 1.807) is 7.11 Å². The predicted molar refractivity (Wildman–Crippen MR) is 54.5 cm³/mol. The van der Waals surface area contributed by atoms with Crippen molar-refractivity contribution in [3.63, 3.8) is 0 Å². The molecule has 1 aliphatic rings. The standard InChI is InChI=1S/C10H17N3O2/c1-10(5-3-6-11-10)9-12-8(13-15-9)4-7-14-2/h11H,3-7H2,1-2H3. The Morgan fingerprint density at radius 1 is 1.60 bits per heavy atom. The maximum atomic E-state index is 5.27. The molecule has 0 aromatic carbocycles. The summed E-state index contributed by atoms with van der Waals surface area (Å²) in [6.45, 7) is 3.75. The molecule has 1 aromatic heterocycles. The minimum absolute atomic E-state index is 0.127. The minimum Gasteiger partial charge on any atom is -0.384 e. The van der Waals surface area contributed by atoms with Gasteiger partial charge in [-0.05, 0) is 26.3 Å². The molecule has 2 heterocycles. The molecule has 0 spiro atoms. The zero-order valence-corrected chi connectivity index (χ0v) is 9.25. The van der Waals surface area contributed by atoms with E-state index in [-0.39, 0.29) is 5.54 Å². The minimum atomic E-state index is -0.127. The van der Waals surface area contributed by atoms with E-state index < -0.39 is 0 Å². The van der Waals surface area contributed by atoms with Crippen LogP contribution in [0.3, 0.4) is 0 Å². The van der Waals surface area contributed by atoms with Gasteiger partial charge >= 0.3 is 0 Å². The van der Waals surface area contributed by atoms with Gasteiger partial charge in [-0.25, -0.2) is 0 Å². The fourth-order valence-corrected chi connectivity index (χ4v) is 1.85. The lowest BCUT2D eigenvalue weighted by atomic mass is 10.0. The fraction of sp³-hybridized carbons (Fsp3) is 0.800. The van der Waals surface area contributed by atoms with Crippen molar-refractivity contribution in [3.8, 4) is 0 Å². The van der Waals surface area contributed by atoms with E-state index in [4.69, 9.17) is 9.26 Å². The summed E-state index contributed by atoms with van der Waals surface area (Å²) in [5.74, 6) is 1.42. The van der Waals surface area contributed by atoms with E-state index >= 15 is 0 Å². The molecule has 0 saturated carbocycles. The number of nitrogens with one attached hydrogen (secondary N) is 1. The lowest BCUT2D eigenvalue weighted by molar-refractivity contribution is 0.199. The van der Waals surface area contributed by atoms with Crippen LogP contribution in [0.1, 0.15) is 31.5 Å². The van der Waals surface area contributed by atoms with Crippen molar-refractivity contribution < 1.29 is 9.26 Å². The molecule has 0 radical (unpaired) electrons. The summed E-state index contributed by atoms with van der Waals surface area (Å²) in [5.41, 5.74) is -0.127. The van der Waals surface area contributed by atoms with Crippen molar-refractivity contribution in [1.29, 1.82) is 0 Å². The second kappa shape index (κ2) is 4.28. The second-order valence-corrected chi connectivity index (χ2v) is 4.12. The molecule has 5 nitrogen and oxygen atoms in total. The van der Waals surface area contributed by atoms with Gasteiger partial charge in [-0.2, -0.15) is 4.98 Å². The number of hydrogen-bond donors (Lipinski definition) is 1. The Morgan fingerprint density at radius 2 is 2.47 bits per heavy atom. The van der Waals surface area contributed by atoms with Crippen LogP contribution < -0.4 is 5.32 Å². The van der Waals surface area contributed by atoms with Crippen LogP contribution in [0.4, 0.5) is 0 Å². The third kappa shape index (κ3) is 2.18. The van der Waals surface area contributed by atoms with Crippen LogP contribution in [0.15, 0.2) is 4.52 Å². The Hall–Kier alpha value is -0.940. The summed E-state index contributed by atoms with van der Waals surface area (Å²) in [6.07, 6.45) is 2.92. The Kier molecular flexibility index (Phi) is 3.02. The molecule has 1 saturated heterocycles. The number of nitrogens with zero attached hydrogens (tertiary/aromatic N) is 2. The summed E-state index contributed by atoms with van der Waals surface area (Å²) in [4.78, 5) is 4.38. The largest absolute Gasteiger partial charge is 0.384 e. The molecular formula is C10H17N3O2. The first kappa shape index (κ1) is 10.6. The average Bonchev–Trinajstić information content (AvgIpc) is 2.84. The second-order valence-electron chi connectivity index (χ2n) is 4.12. The van der Waals surface area contributed by atoms with Gasteiger partial charge in [-0.15, -0.1) is 0 Å². The smallest absolute Gasteiger partial charge is 0.246 e. The van der Waals surface area contributed by atoms with E-state index in [1.807, 2.05) is 0 Å². The molecule has 5 heteroatoms. The van der Waals surface area contributed by atoms with Gasteiger partial charge < -0.3 is 14.6 Å². The quantitative estimate of drug-likeness (QED) is 0.800. The molecule has 0 aliphatic carbocycles. The maximum Gasteiger partial charge on any atom is 0.246 e. The normalized spacial score (nSPS) is 26.0. The van der Waals surface area contributed by atoms with Crippen LogP contribution in [0.25, 0.3) is 0 Å². The molecule has 0 bridgehead atoms. The van der Waals surface area contributed by atoms with Crippen LogP contribution in [0.2, 0.25) is 0 Å². The first-order valence-corrected chi connectivity index (χ1v) is 5.32. The van der Waals surface area contributed by atoms with Gasteiger partial charge in [0.2, 0.25) is 5.89 Å². The summed E-state index contributed by atoms with van der Waals surface area (Å²) < 4.78 is 10.2. The lowest BCUT2D eigenvalue weighted by Crippen LogP contribution is -2.33. The molecular weight excluding hydrogens is 194 g/mol. The van der Waals surface area contributed by atoms with E-state index in [9.17, 15) is 0 Å². The summed E-state index contributed by atoms with van der Waals surface area (Å²) in [5, 5.41) is 7.33. The van der Waals surface area contributed by atoms with Crippen molar-refractivity contribution in [3.05, 3.63) is 11.7 Å². The van der Waals surface area contributed by atoms with Crippen molar-refractivity contribution in [2.24, 2.45) is 0 Å². The number of aromatic nitrogens is 2. The van der Waals surface area contributed by atoms with Crippen molar-refractivity contribution in [2.75, 3.05) is 20.3 Å². The molecule has 1 aliphatic heterocycles. The van der Waals surface area contributed by atoms with Crippen LogP contribution in [-0.4, -0.2) is 30.4 Å². The lowest BCUT2D eigenvalue weighted by Gasteiger charge is -2.18. The highest BCUT2D eigenvalue weighted by Crippen LogP contribution is 2.28. The molecule has 1 fully saturated rings. The highest BCUT2D eigenvalue weighted by Gasteiger charge is 2.35. The van der Waals surface area contributed by atoms with Crippen LogP contribution >= 0.6 is 0 Å². The van der Waals surface area contributed by atoms with E-state index in [1.165, 1.54) is 0 Å². The Bertz CT molecular complexity index is 318. The molecule has 1 aromatic rings. The molecule has 1 atom stereocenters. The van der Waals surface area contributed by atoms with Gasteiger partial charge in [-0.1, -0.05) is 5.16 Å².